The fourth-order valence-electron chi connectivity index (χ4n) is 1.65. The maximum atomic E-state index is 11.6. The monoisotopic (exact) mass is 219 g/mol. The lowest BCUT2D eigenvalue weighted by Gasteiger charge is -2.10. The highest BCUT2D eigenvalue weighted by molar-refractivity contribution is 6.05. The van der Waals surface area contributed by atoms with Gasteiger partial charge in [-0.1, -0.05) is 6.07 Å². The van der Waals surface area contributed by atoms with E-state index in [4.69, 9.17) is 0 Å². The minimum Gasteiger partial charge on any atom is -0.300 e. The summed E-state index contributed by atoms with van der Waals surface area (Å²) in [4.78, 5) is 28.1. The first-order chi connectivity index (χ1) is 7.68. The minimum absolute atomic E-state index is 0.136. The summed E-state index contributed by atoms with van der Waals surface area (Å²) in [7, 11) is 1.51. The van der Waals surface area contributed by atoms with Gasteiger partial charge in [-0.15, -0.1) is 0 Å². The fraction of sp³-hybridized carbons (Fsp3) is 0.364. The van der Waals surface area contributed by atoms with Crippen LogP contribution in [0.25, 0.3) is 0 Å². The van der Waals surface area contributed by atoms with Gasteiger partial charge < -0.3 is 0 Å². The standard InChI is InChI=1S/C11H13N3O2/c1-14-10(15)6-9(11(14)16)13-7-8-4-2-3-5-12-8/h2-5,9,13H,6-7H2,1H3. The molecule has 1 saturated heterocycles. The largest absolute Gasteiger partial charge is 0.300 e. The lowest BCUT2D eigenvalue weighted by Crippen LogP contribution is -2.36. The molecule has 2 rings (SSSR count). The van der Waals surface area contributed by atoms with Crippen LogP contribution in [0.3, 0.4) is 0 Å². The summed E-state index contributed by atoms with van der Waals surface area (Å²) in [6, 6.07) is 5.19. The molecule has 1 aliphatic rings. The van der Waals surface area contributed by atoms with Crippen LogP contribution in [0.4, 0.5) is 0 Å². The zero-order chi connectivity index (χ0) is 11.5. The number of carbonyl (C=O) groups is 2. The Morgan fingerprint density at radius 3 is 2.88 bits per heavy atom. The Bertz CT molecular complexity index is 405. The van der Waals surface area contributed by atoms with Crippen LogP contribution in [-0.4, -0.2) is 34.8 Å². The Kier molecular flexibility index (Phi) is 2.96. The number of hydrogen-bond acceptors (Lipinski definition) is 4. The quantitative estimate of drug-likeness (QED) is 0.723. The van der Waals surface area contributed by atoms with Crippen molar-refractivity contribution >= 4 is 11.8 Å². The Morgan fingerprint density at radius 2 is 2.31 bits per heavy atom. The number of pyridine rings is 1. The molecule has 5 heteroatoms. The van der Waals surface area contributed by atoms with E-state index in [2.05, 4.69) is 10.3 Å². The molecule has 1 N–H and O–H groups in total. The van der Waals surface area contributed by atoms with Gasteiger partial charge in [-0.05, 0) is 12.1 Å². The summed E-state index contributed by atoms with van der Waals surface area (Å²) >= 11 is 0. The van der Waals surface area contributed by atoms with Crippen LogP contribution in [0.1, 0.15) is 12.1 Å². The predicted octanol–water partition coefficient (Wildman–Crippen LogP) is -0.0715. The number of aromatic nitrogens is 1. The van der Waals surface area contributed by atoms with E-state index in [1.807, 2.05) is 18.2 Å². The molecule has 0 bridgehead atoms. The van der Waals surface area contributed by atoms with Crippen molar-refractivity contribution in [1.82, 2.24) is 15.2 Å². The molecular weight excluding hydrogens is 206 g/mol. The summed E-state index contributed by atoms with van der Waals surface area (Å²) in [5.74, 6) is -0.301. The fourth-order valence-corrected chi connectivity index (χ4v) is 1.65. The highest BCUT2D eigenvalue weighted by Crippen LogP contribution is 2.10. The first-order valence-electron chi connectivity index (χ1n) is 5.12. The molecule has 2 amide bonds. The maximum Gasteiger partial charge on any atom is 0.246 e. The van der Waals surface area contributed by atoms with Crippen LogP contribution < -0.4 is 5.32 Å². The second-order valence-electron chi connectivity index (χ2n) is 3.75. The summed E-state index contributed by atoms with van der Waals surface area (Å²) in [6.07, 6.45) is 1.94. The molecule has 0 aromatic carbocycles. The SMILES string of the molecule is CN1C(=O)CC(NCc2ccccn2)C1=O. The summed E-state index contributed by atoms with van der Waals surface area (Å²) in [6.45, 7) is 0.498. The molecule has 1 atom stereocenters. The predicted molar refractivity (Wildman–Crippen MR) is 57.3 cm³/mol. The molecule has 16 heavy (non-hydrogen) atoms. The van der Waals surface area contributed by atoms with Crippen molar-refractivity contribution in [2.75, 3.05) is 7.05 Å². The van der Waals surface area contributed by atoms with Gasteiger partial charge in [0.05, 0.1) is 18.2 Å². The van der Waals surface area contributed by atoms with E-state index < -0.39 is 6.04 Å². The molecule has 1 aromatic rings. The van der Waals surface area contributed by atoms with Gasteiger partial charge in [-0.2, -0.15) is 0 Å². The van der Waals surface area contributed by atoms with E-state index in [0.717, 1.165) is 10.6 Å². The van der Waals surface area contributed by atoms with Gasteiger partial charge in [0.2, 0.25) is 11.8 Å². The van der Waals surface area contributed by atoms with E-state index in [1.165, 1.54) is 7.05 Å². The van der Waals surface area contributed by atoms with Crippen molar-refractivity contribution < 1.29 is 9.59 Å². The van der Waals surface area contributed by atoms with Gasteiger partial charge in [0.15, 0.2) is 0 Å². The van der Waals surface area contributed by atoms with E-state index in [-0.39, 0.29) is 18.2 Å². The molecule has 0 radical (unpaired) electrons. The lowest BCUT2D eigenvalue weighted by atomic mass is 10.2. The minimum atomic E-state index is -0.403. The van der Waals surface area contributed by atoms with Crippen molar-refractivity contribution in [3.8, 4) is 0 Å². The van der Waals surface area contributed by atoms with Crippen LogP contribution in [-0.2, 0) is 16.1 Å². The summed E-state index contributed by atoms with van der Waals surface area (Å²) in [5.41, 5.74) is 0.859. The Labute approximate surface area is 93.5 Å². The number of rotatable bonds is 3. The molecule has 1 unspecified atom stereocenters. The molecule has 84 valence electrons. The van der Waals surface area contributed by atoms with Crippen molar-refractivity contribution in [2.45, 2.75) is 19.0 Å². The van der Waals surface area contributed by atoms with Crippen LogP contribution >= 0.6 is 0 Å². The van der Waals surface area contributed by atoms with E-state index in [1.54, 1.807) is 6.20 Å². The second kappa shape index (κ2) is 4.40. The number of carbonyl (C=O) groups excluding carboxylic acids is 2. The van der Waals surface area contributed by atoms with E-state index in [0.29, 0.717) is 6.54 Å². The zero-order valence-corrected chi connectivity index (χ0v) is 9.01. The van der Waals surface area contributed by atoms with Gasteiger partial charge in [-0.25, -0.2) is 0 Å². The third-order valence-corrected chi connectivity index (χ3v) is 2.64. The zero-order valence-electron chi connectivity index (χ0n) is 9.01. The normalized spacial score (nSPS) is 20.6. The Hall–Kier alpha value is -1.75. The molecule has 1 fully saturated rings. The van der Waals surface area contributed by atoms with Gasteiger partial charge >= 0.3 is 0 Å². The molecule has 1 aliphatic heterocycles. The Morgan fingerprint density at radius 1 is 1.50 bits per heavy atom. The molecule has 0 spiro atoms. The number of amides is 2. The van der Waals surface area contributed by atoms with Crippen molar-refractivity contribution in [1.29, 1.82) is 0 Å². The molecule has 2 heterocycles. The second-order valence-corrected chi connectivity index (χ2v) is 3.75. The maximum absolute atomic E-state index is 11.6. The number of likely N-dealkylation sites (N-methyl/N-ethyl adjacent to an activating group) is 1. The van der Waals surface area contributed by atoms with Gasteiger partial charge in [0, 0.05) is 19.8 Å². The highest BCUT2D eigenvalue weighted by atomic mass is 16.2. The Balaban J connectivity index is 1.92. The average Bonchev–Trinajstić information content (AvgIpc) is 2.56. The first kappa shape index (κ1) is 10.8. The third-order valence-electron chi connectivity index (χ3n) is 2.64. The van der Waals surface area contributed by atoms with Crippen molar-refractivity contribution in [2.24, 2.45) is 0 Å². The van der Waals surface area contributed by atoms with Gasteiger partial charge in [0.1, 0.15) is 0 Å². The molecular formula is C11H13N3O2. The van der Waals surface area contributed by atoms with Crippen LogP contribution in [0, 0.1) is 0 Å². The first-order valence-corrected chi connectivity index (χ1v) is 5.12. The van der Waals surface area contributed by atoms with Crippen LogP contribution in [0.5, 0.6) is 0 Å². The molecule has 0 saturated carbocycles. The van der Waals surface area contributed by atoms with E-state index >= 15 is 0 Å². The smallest absolute Gasteiger partial charge is 0.246 e. The van der Waals surface area contributed by atoms with E-state index in [9.17, 15) is 9.59 Å². The van der Waals surface area contributed by atoms with Crippen molar-refractivity contribution in [3.63, 3.8) is 0 Å². The lowest BCUT2D eigenvalue weighted by molar-refractivity contribution is -0.137. The number of hydrogen-bond donors (Lipinski definition) is 1. The van der Waals surface area contributed by atoms with Crippen molar-refractivity contribution in [3.05, 3.63) is 30.1 Å². The molecule has 0 aliphatic carbocycles. The number of imide groups is 1. The van der Waals surface area contributed by atoms with Crippen LogP contribution in [0.2, 0.25) is 0 Å². The van der Waals surface area contributed by atoms with Gasteiger partial charge in [0.25, 0.3) is 0 Å². The average molecular weight is 219 g/mol. The highest BCUT2D eigenvalue weighted by Gasteiger charge is 2.35. The van der Waals surface area contributed by atoms with Crippen LogP contribution in [0.15, 0.2) is 24.4 Å². The molecule has 5 nitrogen and oxygen atoms in total. The number of likely N-dealkylation sites (tertiary alicyclic amines) is 1. The topological polar surface area (TPSA) is 62.3 Å². The summed E-state index contributed by atoms with van der Waals surface area (Å²) < 4.78 is 0. The number of nitrogens with zero attached hydrogens (tertiary/aromatic N) is 2. The third kappa shape index (κ3) is 2.09. The molecule has 1 aromatic heterocycles. The number of nitrogens with one attached hydrogen (secondary N) is 1. The van der Waals surface area contributed by atoms with Gasteiger partial charge in [-0.3, -0.25) is 24.8 Å². The summed E-state index contributed by atoms with van der Waals surface area (Å²) in [5, 5.41) is 3.03.